The van der Waals surface area contributed by atoms with Crippen molar-refractivity contribution in [3.05, 3.63) is 29.8 Å². The average Bonchev–Trinajstić information content (AvgIpc) is 2.91. The maximum absolute atomic E-state index is 11.9. The van der Waals surface area contributed by atoms with Gasteiger partial charge in [-0.05, 0) is 18.2 Å². The number of nitrogens with zero attached hydrogens (tertiary/aromatic N) is 1. The molecular weight excluding hydrogens is 294 g/mol. The summed E-state index contributed by atoms with van der Waals surface area (Å²) in [6.45, 7) is 0.701. The Labute approximate surface area is 135 Å². The van der Waals surface area contributed by atoms with Gasteiger partial charge in [-0.2, -0.15) is 0 Å². The fraction of sp³-hybridized carbons (Fsp3) is 0.389. The number of carbonyl (C=O) groups is 1. The Kier molecular flexibility index (Phi) is 4.03. The van der Waals surface area contributed by atoms with E-state index >= 15 is 0 Å². The predicted molar refractivity (Wildman–Crippen MR) is 88.6 cm³/mol. The molecule has 0 N–H and O–H groups in total. The SMILES string of the molecule is COc1ccc(OC)c2c(OC)c(C3CC(=O)N(C)C3)ccc12. The zero-order valence-corrected chi connectivity index (χ0v) is 13.9. The summed E-state index contributed by atoms with van der Waals surface area (Å²) in [5.41, 5.74) is 1.03. The Morgan fingerprint density at radius 1 is 1.00 bits per heavy atom. The molecule has 5 nitrogen and oxygen atoms in total. The summed E-state index contributed by atoms with van der Waals surface area (Å²) in [6, 6.07) is 7.80. The van der Waals surface area contributed by atoms with Gasteiger partial charge in [0.05, 0.1) is 26.7 Å². The molecule has 2 aromatic carbocycles. The van der Waals surface area contributed by atoms with Crippen molar-refractivity contribution in [3.8, 4) is 17.2 Å². The highest BCUT2D eigenvalue weighted by Gasteiger charge is 2.31. The number of hydrogen-bond donors (Lipinski definition) is 0. The first-order valence-electron chi connectivity index (χ1n) is 7.56. The van der Waals surface area contributed by atoms with Crippen LogP contribution in [0, 0.1) is 0 Å². The molecule has 1 amide bonds. The van der Waals surface area contributed by atoms with Gasteiger partial charge in [-0.25, -0.2) is 0 Å². The van der Waals surface area contributed by atoms with E-state index in [1.807, 2.05) is 31.3 Å². The molecule has 1 saturated heterocycles. The van der Waals surface area contributed by atoms with Gasteiger partial charge in [0, 0.05) is 36.9 Å². The third-order valence-electron chi connectivity index (χ3n) is 4.51. The van der Waals surface area contributed by atoms with Crippen molar-refractivity contribution in [1.29, 1.82) is 0 Å². The van der Waals surface area contributed by atoms with Crippen molar-refractivity contribution in [2.45, 2.75) is 12.3 Å². The first kappa shape index (κ1) is 15.5. The maximum atomic E-state index is 11.9. The minimum atomic E-state index is 0.128. The van der Waals surface area contributed by atoms with Crippen LogP contribution >= 0.6 is 0 Å². The average molecular weight is 315 g/mol. The van der Waals surface area contributed by atoms with Crippen LogP contribution in [-0.2, 0) is 4.79 Å². The molecule has 1 fully saturated rings. The van der Waals surface area contributed by atoms with Crippen molar-refractivity contribution >= 4 is 16.7 Å². The molecule has 1 atom stereocenters. The monoisotopic (exact) mass is 315 g/mol. The van der Waals surface area contributed by atoms with Crippen LogP contribution in [0.4, 0.5) is 0 Å². The Morgan fingerprint density at radius 2 is 1.70 bits per heavy atom. The van der Waals surface area contributed by atoms with E-state index in [1.54, 1.807) is 26.2 Å². The van der Waals surface area contributed by atoms with E-state index in [-0.39, 0.29) is 11.8 Å². The Morgan fingerprint density at radius 3 is 2.26 bits per heavy atom. The van der Waals surface area contributed by atoms with Crippen molar-refractivity contribution in [2.75, 3.05) is 34.9 Å². The van der Waals surface area contributed by atoms with E-state index < -0.39 is 0 Å². The lowest BCUT2D eigenvalue weighted by Crippen LogP contribution is -2.18. The number of benzene rings is 2. The zero-order chi connectivity index (χ0) is 16.6. The van der Waals surface area contributed by atoms with E-state index in [0.717, 1.165) is 33.6 Å². The van der Waals surface area contributed by atoms with Gasteiger partial charge in [0.25, 0.3) is 0 Å². The number of methoxy groups -OCH3 is 3. The number of ether oxygens (including phenoxy) is 3. The molecule has 0 aliphatic carbocycles. The number of carbonyl (C=O) groups excluding carboxylic acids is 1. The second-order valence-corrected chi connectivity index (χ2v) is 5.76. The second-order valence-electron chi connectivity index (χ2n) is 5.76. The Balaban J connectivity index is 2.23. The maximum Gasteiger partial charge on any atom is 0.223 e. The van der Waals surface area contributed by atoms with E-state index in [4.69, 9.17) is 14.2 Å². The van der Waals surface area contributed by atoms with Crippen LogP contribution in [0.25, 0.3) is 10.8 Å². The minimum absolute atomic E-state index is 0.128. The van der Waals surface area contributed by atoms with Crippen molar-refractivity contribution in [3.63, 3.8) is 0 Å². The largest absolute Gasteiger partial charge is 0.496 e. The molecule has 1 unspecified atom stereocenters. The second kappa shape index (κ2) is 5.99. The van der Waals surface area contributed by atoms with Crippen LogP contribution in [0.5, 0.6) is 17.2 Å². The lowest BCUT2D eigenvalue weighted by molar-refractivity contribution is -0.126. The van der Waals surface area contributed by atoms with E-state index in [9.17, 15) is 4.79 Å². The van der Waals surface area contributed by atoms with Gasteiger partial charge in [-0.3, -0.25) is 4.79 Å². The first-order chi connectivity index (χ1) is 11.1. The first-order valence-corrected chi connectivity index (χ1v) is 7.56. The summed E-state index contributed by atoms with van der Waals surface area (Å²) in [7, 11) is 6.77. The molecule has 1 aliphatic heterocycles. The Hall–Kier alpha value is -2.43. The topological polar surface area (TPSA) is 48.0 Å². The fourth-order valence-corrected chi connectivity index (χ4v) is 3.33. The number of fused-ring (bicyclic) bond motifs is 1. The van der Waals surface area contributed by atoms with Gasteiger partial charge in [0.15, 0.2) is 0 Å². The third kappa shape index (κ3) is 2.46. The molecule has 1 heterocycles. The summed E-state index contributed by atoms with van der Waals surface area (Å²) < 4.78 is 16.7. The normalized spacial score (nSPS) is 17.7. The number of amides is 1. The minimum Gasteiger partial charge on any atom is -0.496 e. The summed E-state index contributed by atoms with van der Waals surface area (Å²) in [5.74, 6) is 2.55. The zero-order valence-electron chi connectivity index (χ0n) is 13.9. The van der Waals surface area contributed by atoms with E-state index in [1.165, 1.54) is 0 Å². The molecule has 23 heavy (non-hydrogen) atoms. The molecular formula is C18H21NO4. The van der Waals surface area contributed by atoms with Crippen LogP contribution in [0.15, 0.2) is 24.3 Å². The van der Waals surface area contributed by atoms with Crippen molar-refractivity contribution in [2.24, 2.45) is 0 Å². The number of likely N-dealkylation sites (tertiary alicyclic amines) is 1. The van der Waals surface area contributed by atoms with Gasteiger partial charge in [0.1, 0.15) is 17.2 Å². The van der Waals surface area contributed by atoms with Crippen LogP contribution in [-0.4, -0.2) is 45.7 Å². The van der Waals surface area contributed by atoms with Crippen molar-refractivity contribution in [1.82, 2.24) is 4.90 Å². The Bertz CT molecular complexity index is 756. The van der Waals surface area contributed by atoms with Crippen molar-refractivity contribution < 1.29 is 19.0 Å². The highest BCUT2D eigenvalue weighted by Crippen LogP contribution is 2.44. The molecule has 122 valence electrons. The number of rotatable bonds is 4. The third-order valence-corrected chi connectivity index (χ3v) is 4.51. The molecule has 0 spiro atoms. The molecule has 0 radical (unpaired) electrons. The number of hydrogen-bond acceptors (Lipinski definition) is 4. The number of likely N-dealkylation sites (N-methyl/N-ethyl adjacent to an activating group) is 1. The summed E-state index contributed by atoms with van der Waals surface area (Å²) in [6.07, 6.45) is 0.505. The van der Waals surface area contributed by atoms with Crippen LogP contribution in [0.3, 0.4) is 0 Å². The molecule has 0 bridgehead atoms. The van der Waals surface area contributed by atoms with Crippen LogP contribution < -0.4 is 14.2 Å². The van der Waals surface area contributed by atoms with E-state index in [2.05, 4.69) is 0 Å². The molecule has 2 aromatic rings. The lowest BCUT2D eigenvalue weighted by atomic mass is 9.93. The smallest absolute Gasteiger partial charge is 0.223 e. The summed E-state index contributed by atoms with van der Waals surface area (Å²) in [5, 5.41) is 1.82. The van der Waals surface area contributed by atoms with E-state index in [0.29, 0.717) is 13.0 Å². The lowest BCUT2D eigenvalue weighted by Gasteiger charge is -2.19. The van der Waals surface area contributed by atoms with Gasteiger partial charge in [-0.1, -0.05) is 6.07 Å². The van der Waals surface area contributed by atoms with Gasteiger partial charge < -0.3 is 19.1 Å². The standard InChI is InChI=1S/C18H21NO4/c1-19-10-11(9-16(19)20)12-5-6-13-14(21-2)7-8-15(22-3)17(13)18(12)23-4/h5-8,11H,9-10H2,1-4H3. The fourth-order valence-electron chi connectivity index (χ4n) is 3.33. The summed E-state index contributed by atoms with van der Waals surface area (Å²) in [4.78, 5) is 13.6. The predicted octanol–water partition coefficient (Wildman–Crippen LogP) is 2.81. The highest BCUT2D eigenvalue weighted by atomic mass is 16.5. The highest BCUT2D eigenvalue weighted by molar-refractivity contribution is 5.99. The molecule has 3 rings (SSSR count). The molecule has 5 heteroatoms. The quantitative estimate of drug-likeness (QED) is 0.870. The van der Waals surface area contributed by atoms with Gasteiger partial charge in [-0.15, -0.1) is 0 Å². The van der Waals surface area contributed by atoms with Gasteiger partial charge in [0.2, 0.25) is 5.91 Å². The molecule has 0 aromatic heterocycles. The summed E-state index contributed by atoms with van der Waals surface area (Å²) >= 11 is 0. The molecule has 1 aliphatic rings. The molecule has 0 saturated carbocycles. The van der Waals surface area contributed by atoms with Gasteiger partial charge >= 0.3 is 0 Å². The van der Waals surface area contributed by atoms with Crippen LogP contribution in [0.2, 0.25) is 0 Å². The van der Waals surface area contributed by atoms with Crippen LogP contribution in [0.1, 0.15) is 17.9 Å².